The Bertz CT molecular complexity index is 1480. The Kier molecular flexibility index (Phi) is 6.97. The lowest BCUT2D eigenvalue weighted by Crippen LogP contribution is -2.26. The van der Waals surface area contributed by atoms with Crippen molar-refractivity contribution in [3.63, 3.8) is 0 Å². The van der Waals surface area contributed by atoms with Crippen molar-refractivity contribution in [2.24, 2.45) is 11.3 Å². The molecule has 5 rings (SSSR count). The number of benzene rings is 1. The molecule has 3 aromatic heterocycles. The summed E-state index contributed by atoms with van der Waals surface area (Å²) in [5, 5.41) is 23.7. The van der Waals surface area contributed by atoms with Gasteiger partial charge in [-0.05, 0) is 48.3 Å². The number of thiophene rings is 1. The number of carbonyl (C=O) groups excluding carboxylic acids is 1. The molecule has 37 heavy (non-hydrogen) atoms. The maximum Gasteiger partial charge on any atom is 0.235 e. The van der Waals surface area contributed by atoms with Crippen molar-refractivity contribution < 1.29 is 9.21 Å². The minimum atomic E-state index is -0.175. The number of thioether (sulfide) groups is 1. The molecule has 0 unspecified atom stereocenters. The van der Waals surface area contributed by atoms with E-state index in [9.17, 15) is 10.1 Å². The van der Waals surface area contributed by atoms with E-state index in [1.807, 2.05) is 34.9 Å². The number of nitriles is 1. The molecule has 0 bridgehead atoms. The molecule has 0 saturated carbocycles. The van der Waals surface area contributed by atoms with Crippen molar-refractivity contribution >= 4 is 45.0 Å². The third kappa shape index (κ3) is 5.09. The summed E-state index contributed by atoms with van der Waals surface area (Å²) in [5.74, 6) is 1.74. The van der Waals surface area contributed by atoms with Gasteiger partial charge in [-0.3, -0.25) is 9.36 Å². The van der Waals surface area contributed by atoms with Crippen LogP contribution in [0.4, 0.5) is 5.00 Å². The first-order valence-corrected chi connectivity index (χ1v) is 14.1. The van der Waals surface area contributed by atoms with Crippen molar-refractivity contribution in [3.8, 4) is 17.7 Å². The lowest BCUT2D eigenvalue weighted by Gasteiger charge is -2.33. The van der Waals surface area contributed by atoms with Crippen molar-refractivity contribution in [1.29, 1.82) is 5.26 Å². The van der Waals surface area contributed by atoms with Gasteiger partial charge >= 0.3 is 0 Å². The van der Waals surface area contributed by atoms with Crippen LogP contribution in [0.3, 0.4) is 0 Å². The molecule has 1 aliphatic rings. The third-order valence-electron chi connectivity index (χ3n) is 6.86. The fourth-order valence-corrected chi connectivity index (χ4v) is 6.83. The fourth-order valence-electron chi connectivity index (χ4n) is 4.79. The zero-order chi connectivity index (χ0) is 26.2. The zero-order valence-corrected chi connectivity index (χ0v) is 22.8. The molecule has 1 atom stereocenters. The molecule has 0 aliphatic heterocycles. The highest BCUT2D eigenvalue weighted by Gasteiger charge is 2.32. The van der Waals surface area contributed by atoms with Gasteiger partial charge in [-0.15, -0.1) is 28.1 Å². The summed E-state index contributed by atoms with van der Waals surface area (Å²) < 4.78 is 7.87. The first-order chi connectivity index (χ1) is 17.8. The number of rotatable bonds is 7. The van der Waals surface area contributed by atoms with Gasteiger partial charge in [-0.1, -0.05) is 56.8 Å². The molecule has 0 fully saturated rings. The number of furan rings is 1. The topological polar surface area (TPSA) is 96.7 Å². The summed E-state index contributed by atoms with van der Waals surface area (Å²) in [6, 6.07) is 12.1. The van der Waals surface area contributed by atoms with Crippen molar-refractivity contribution in [3.05, 3.63) is 59.0 Å². The highest BCUT2D eigenvalue weighted by molar-refractivity contribution is 7.99. The molecule has 0 spiro atoms. The van der Waals surface area contributed by atoms with E-state index in [2.05, 4.69) is 48.9 Å². The fraction of sp³-hybridized carbons (Fsp3) is 0.357. The second-order valence-electron chi connectivity index (χ2n) is 10.3. The van der Waals surface area contributed by atoms with E-state index < -0.39 is 0 Å². The summed E-state index contributed by atoms with van der Waals surface area (Å²) in [6.45, 7) is 11.1. The van der Waals surface area contributed by atoms with Gasteiger partial charge in [0.05, 0.1) is 11.3 Å². The molecule has 7 nitrogen and oxygen atoms in total. The Labute approximate surface area is 224 Å². The van der Waals surface area contributed by atoms with Crippen LogP contribution in [0, 0.1) is 22.7 Å². The second kappa shape index (κ2) is 10.2. The first-order valence-electron chi connectivity index (χ1n) is 12.3. The SMILES string of the molecule is C=CCn1c(SCC(=O)Nc2sc3c(c2C#N)CC[C@@H](C(C)(C)C)C3)nnc1-c1cc2ccccc2o1. The Hall–Kier alpha value is -3.35. The molecule has 4 aromatic rings. The quantitative estimate of drug-likeness (QED) is 0.211. The lowest BCUT2D eigenvalue weighted by molar-refractivity contribution is -0.113. The van der Waals surface area contributed by atoms with Gasteiger partial charge in [0.25, 0.3) is 0 Å². The Morgan fingerprint density at radius 1 is 1.38 bits per heavy atom. The van der Waals surface area contributed by atoms with Crippen LogP contribution in [0.1, 0.15) is 43.2 Å². The summed E-state index contributed by atoms with van der Waals surface area (Å²) >= 11 is 2.85. The van der Waals surface area contributed by atoms with Gasteiger partial charge < -0.3 is 9.73 Å². The number of fused-ring (bicyclic) bond motifs is 2. The minimum Gasteiger partial charge on any atom is -0.453 e. The smallest absolute Gasteiger partial charge is 0.235 e. The van der Waals surface area contributed by atoms with E-state index in [0.29, 0.717) is 39.8 Å². The normalized spacial score (nSPS) is 15.4. The number of nitrogens with one attached hydrogen (secondary N) is 1. The number of allylic oxidation sites excluding steroid dienone is 1. The second-order valence-corrected chi connectivity index (χ2v) is 12.4. The molecule has 1 aromatic carbocycles. The number of hydrogen-bond donors (Lipinski definition) is 1. The Balaban J connectivity index is 1.31. The van der Waals surface area contributed by atoms with Crippen LogP contribution >= 0.6 is 23.1 Å². The van der Waals surface area contributed by atoms with Gasteiger partial charge in [-0.25, -0.2) is 0 Å². The van der Waals surface area contributed by atoms with Crippen LogP contribution in [-0.4, -0.2) is 26.4 Å². The van der Waals surface area contributed by atoms with Crippen molar-refractivity contribution in [2.45, 2.75) is 51.7 Å². The highest BCUT2D eigenvalue weighted by Crippen LogP contribution is 2.44. The van der Waals surface area contributed by atoms with Gasteiger partial charge in [0.15, 0.2) is 10.9 Å². The van der Waals surface area contributed by atoms with Gasteiger partial charge in [-0.2, -0.15) is 5.26 Å². The highest BCUT2D eigenvalue weighted by atomic mass is 32.2. The van der Waals surface area contributed by atoms with E-state index in [1.165, 1.54) is 16.6 Å². The Morgan fingerprint density at radius 3 is 2.92 bits per heavy atom. The van der Waals surface area contributed by atoms with Crippen LogP contribution in [0.25, 0.3) is 22.6 Å². The monoisotopic (exact) mass is 531 g/mol. The third-order valence-corrected chi connectivity index (χ3v) is 9.00. The molecular weight excluding hydrogens is 502 g/mol. The number of amides is 1. The number of anilines is 1. The maximum atomic E-state index is 12.9. The summed E-state index contributed by atoms with van der Waals surface area (Å²) in [6.07, 6.45) is 4.67. The van der Waals surface area contributed by atoms with Crippen molar-refractivity contribution in [1.82, 2.24) is 14.8 Å². The predicted octanol–water partition coefficient (Wildman–Crippen LogP) is 6.69. The average Bonchev–Trinajstić information content (AvgIpc) is 3.56. The first kappa shape index (κ1) is 25.3. The van der Waals surface area contributed by atoms with E-state index in [4.69, 9.17) is 4.42 Å². The number of nitrogens with zero attached hydrogens (tertiary/aromatic N) is 4. The molecule has 0 radical (unpaired) electrons. The predicted molar refractivity (Wildman–Crippen MR) is 149 cm³/mol. The maximum absolute atomic E-state index is 12.9. The van der Waals surface area contributed by atoms with E-state index in [-0.39, 0.29) is 17.1 Å². The van der Waals surface area contributed by atoms with Crippen LogP contribution in [0.5, 0.6) is 0 Å². The molecule has 9 heteroatoms. The molecular formula is C28H29N5O2S2. The zero-order valence-electron chi connectivity index (χ0n) is 21.2. The summed E-state index contributed by atoms with van der Waals surface area (Å²) in [5.41, 5.74) is 2.72. The number of carbonyl (C=O) groups is 1. The number of para-hydroxylation sites is 1. The molecule has 3 heterocycles. The van der Waals surface area contributed by atoms with Gasteiger partial charge in [0.1, 0.15) is 16.7 Å². The van der Waals surface area contributed by atoms with E-state index in [1.54, 1.807) is 17.4 Å². The average molecular weight is 532 g/mol. The Morgan fingerprint density at radius 2 is 2.19 bits per heavy atom. The van der Waals surface area contributed by atoms with Crippen LogP contribution < -0.4 is 5.32 Å². The van der Waals surface area contributed by atoms with Crippen LogP contribution in [0.2, 0.25) is 0 Å². The molecule has 1 aliphatic carbocycles. The minimum absolute atomic E-state index is 0.146. The number of hydrogen-bond acceptors (Lipinski definition) is 7. The molecule has 0 saturated heterocycles. The largest absolute Gasteiger partial charge is 0.453 e. The standard InChI is InChI=1S/C28H29N5O2S2/c1-5-12-33-25(22-13-17-8-6-7-9-21(17)35-22)31-32-27(33)36-16-24(34)30-26-20(15-29)19-11-10-18(28(2,3)4)14-23(19)37-26/h5-9,13,18H,1,10-12,14,16H2,2-4H3,(H,30,34)/t18-/m1/s1. The number of aromatic nitrogens is 3. The van der Waals surface area contributed by atoms with Gasteiger partial charge in [0.2, 0.25) is 11.7 Å². The lowest BCUT2D eigenvalue weighted by atomic mass is 9.72. The van der Waals surface area contributed by atoms with Crippen molar-refractivity contribution in [2.75, 3.05) is 11.1 Å². The van der Waals surface area contributed by atoms with Gasteiger partial charge in [0, 0.05) is 16.8 Å². The van der Waals surface area contributed by atoms with E-state index >= 15 is 0 Å². The summed E-state index contributed by atoms with van der Waals surface area (Å²) in [4.78, 5) is 14.2. The van der Waals surface area contributed by atoms with Crippen LogP contribution in [-0.2, 0) is 24.2 Å². The van der Waals surface area contributed by atoms with E-state index in [0.717, 1.165) is 35.8 Å². The molecule has 190 valence electrons. The molecule has 1 N–H and O–H groups in total. The summed E-state index contributed by atoms with van der Waals surface area (Å²) in [7, 11) is 0. The molecule has 1 amide bonds. The van der Waals surface area contributed by atoms with Crippen LogP contribution in [0.15, 0.2) is 52.6 Å².